The van der Waals surface area contributed by atoms with Crippen molar-refractivity contribution >= 4 is 49.4 Å². The molecule has 3 aromatic heterocycles. The number of nitrogens with one attached hydrogen (secondary N) is 1. The van der Waals surface area contributed by atoms with Crippen LogP contribution in [0.1, 0.15) is 33.2 Å². The SMILES string of the molecule is CCC(=O)Nc1nc2ccc(-c3cn(C(C)C)c4ncnc(N)c34)cc2s1. The Balaban J connectivity index is 1.86. The van der Waals surface area contributed by atoms with Gasteiger partial charge >= 0.3 is 0 Å². The molecule has 1 aromatic carbocycles. The van der Waals surface area contributed by atoms with E-state index < -0.39 is 0 Å². The van der Waals surface area contributed by atoms with Gasteiger partial charge in [0.1, 0.15) is 17.8 Å². The van der Waals surface area contributed by atoms with E-state index in [9.17, 15) is 4.79 Å². The van der Waals surface area contributed by atoms with E-state index in [0.717, 1.165) is 32.4 Å². The third-order valence-electron chi connectivity index (χ3n) is 4.46. The lowest BCUT2D eigenvalue weighted by molar-refractivity contribution is -0.115. The van der Waals surface area contributed by atoms with Gasteiger partial charge in [-0.1, -0.05) is 24.3 Å². The zero-order chi connectivity index (χ0) is 19.1. The second kappa shape index (κ2) is 6.62. The molecule has 3 heterocycles. The van der Waals surface area contributed by atoms with E-state index in [0.29, 0.717) is 17.4 Å². The molecule has 0 aliphatic carbocycles. The Labute approximate surface area is 160 Å². The molecule has 0 unspecified atom stereocenters. The average Bonchev–Trinajstić information content (AvgIpc) is 3.22. The summed E-state index contributed by atoms with van der Waals surface area (Å²) in [6.07, 6.45) is 3.99. The highest BCUT2D eigenvalue weighted by Crippen LogP contribution is 2.37. The average molecular weight is 380 g/mol. The first-order valence-corrected chi connectivity index (χ1v) is 9.61. The van der Waals surface area contributed by atoms with E-state index in [4.69, 9.17) is 5.73 Å². The summed E-state index contributed by atoms with van der Waals surface area (Å²) in [4.78, 5) is 24.7. The summed E-state index contributed by atoms with van der Waals surface area (Å²) in [6, 6.07) is 6.29. The van der Waals surface area contributed by atoms with E-state index in [1.807, 2.05) is 19.1 Å². The number of benzene rings is 1. The third kappa shape index (κ3) is 3.02. The number of amides is 1. The summed E-state index contributed by atoms with van der Waals surface area (Å²) in [6.45, 7) is 6.03. The first-order valence-electron chi connectivity index (χ1n) is 8.79. The van der Waals surface area contributed by atoms with Gasteiger partial charge in [0.15, 0.2) is 5.13 Å². The molecule has 0 saturated heterocycles. The molecule has 0 saturated carbocycles. The van der Waals surface area contributed by atoms with E-state index in [1.54, 1.807) is 0 Å². The van der Waals surface area contributed by atoms with Gasteiger partial charge in [0.2, 0.25) is 5.91 Å². The maximum Gasteiger partial charge on any atom is 0.225 e. The lowest BCUT2D eigenvalue weighted by Crippen LogP contribution is -2.08. The molecule has 0 aliphatic heterocycles. The molecule has 0 atom stereocenters. The zero-order valence-electron chi connectivity index (χ0n) is 15.4. The largest absolute Gasteiger partial charge is 0.383 e. The van der Waals surface area contributed by atoms with E-state index in [-0.39, 0.29) is 11.9 Å². The molecule has 0 spiro atoms. The second-order valence-electron chi connectivity index (χ2n) is 6.60. The summed E-state index contributed by atoms with van der Waals surface area (Å²) in [7, 11) is 0. The van der Waals surface area contributed by atoms with E-state index >= 15 is 0 Å². The van der Waals surface area contributed by atoms with Crippen LogP contribution < -0.4 is 11.1 Å². The predicted octanol–water partition coefficient (Wildman–Crippen LogP) is 4.22. The molecular weight excluding hydrogens is 360 g/mol. The minimum absolute atomic E-state index is 0.0424. The molecule has 0 radical (unpaired) electrons. The van der Waals surface area contributed by atoms with Crippen molar-refractivity contribution in [3.8, 4) is 11.1 Å². The highest BCUT2D eigenvalue weighted by molar-refractivity contribution is 7.22. The van der Waals surface area contributed by atoms with Gasteiger partial charge in [-0.2, -0.15) is 0 Å². The minimum Gasteiger partial charge on any atom is -0.383 e. The summed E-state index contributed by atoms with van der Waals surface area (Å²) in [5.41, 5.74) is 9.86. The fraction of sp³-hybridized carbons (Fsp3) is 0.263. The van der Waals surface area contributed by atoms with Gasteiger partial charge in [-0.25, -0.2) is 15.0 Å². The molecule has 138 valence electrons. The Hall–Kier alpha value is -3.00. The van der Waals surface area contributed by atoms with Gasteiger partial charge in [-0.15, -0.1) is 0 Å². The number of nitrogens with zero attached hydrogens (tertiary/aromatic N) is 4. The van der Waals surface area contributed by atoms with Gasteiger partial charge in [0, 0.05) is 24.2 Å². The molecule has 27 heavy (non-hydrogen) atoms. The highest BCUT2D eigenvalue weighted by Gasteiger charge is 2.17. The molecular formula is C19H20N6OS. The molecule has 3 N–H and O–H groups in total. The lowest BCUT2D eigenvalue weighted by Gasteiger charge is -2.07. The van der Waals surface area contributed by atoms with Crippen LogP contribution in [0, 0.1) is 0 Å². The van der Waals surface area contributed by atoms with E-state index in [2.05, 4.69) is 50.9 Å². The summed E-state index contributed by atoms with van der Waals surface area (Å²) in [5, 5.41) is 4.29. The predicted molar refractivity (Wildman–Crippen MR) is 110 cm³/mol. The normalized spacial score (nSPS) is 11.6. The van der Waals surface area contributed by atoms with Gasteiger partial charge in [0.25, 0.3) is 0 Å². The number of hydrogen-bond acceptors (Lipinski definition) is 6. The number of thiazole rings is 1. The van der Waals surface area contributed by atoms with Crippen molar-refractivity contribution in [2.75, 3.05) is 11.1 Å². The standard InChI is InChI=1S/C19H20N6OS/c1-4-15(26)24-19-23-13-6-5-11(7-14(13)27-19)12-8-25(10(2)3)18-16(12)17(20)21-9-22-18/h5-10H,4H2,1-3H3,(H2,20,21,22)(H,23,24,26). The molecule has 8 heteroatoms. The van der Waals surface area contributed by atoms with Crippen LogP contribution in [0.2, 0.25) is 0 Å². The summed E-state index contributed by atoms with van der Waals surface area (Å²) in [5.74, 6) is 0.425. The van der Waals surface area contributed by atoms with Crippen LogP contribution in [-0.4, -0.2) is 25.4 Å². The number of fused-ring (bicyclic) bond motifs is 2. The Kier molecular flexibility index (Phi) is 4.27. The zero-order valence-corrected chi connectivity index (χ0v) is 16.2. The van der Waals surface area contributed by atoms with Gasteiger partial charge in [-0.05, 0) is 31.5 Å². The first-order chi connectivity index (χ1) is 13.0. The monoisotopic (exact) mass is 380 g/mol. The number of nitrogens with two attached hydrogens (primary N) is 1. The number of carbonyl (C=O) groups excluding carboxylic acids is 1. The lowest BCUT2D eigenvalue weighted by atomic mass is 10.1. The van der Waals surface area contributed by atoms with Crippen LogP contribution >= 0.6 is 11.3 Å². The van der Waals surface area contributed by atoms with Gasteiger partial charge < -0.3 is 15.6 Å². The van der Waals surface area contributed by atoms with Gasteiger partial charge in [-0.3, -0.25) is 4.79 Å². The number of carbonyl (C=O) groups is 1. The Morgan fingerprint density at radius 1 is 1.33 bits per heavy atom. The van der Waals surface area contributed by atoms with Crippen molar-refractivity contribution in [2.24, 2.45) is 0 Å². The first kappa shape index (κ1) is 17.4. The Morgan fingerprint density at radius 3 is 2.89 bits per heavy atom. The van der Waals surface area contributed by atoms with Crippen molar-refractivity contribution in [1.29, 1.82) is 0 Å². The van der Waals surface area contributed by atoms with Crippen molar-refractivity contribution in [1.82, 2.24) is 19.5 Å². The molecule has 0 bridgehead atoms. The Bertz CT molecular complexity index is 1160. The fourth-order valence-electron chi connectivity index (χ4n) is 3.07. The maximum atomic E-state index is 11.6. The number of hydrogen-bond donors (Lipinski definition) is 2. The number of nitrogen functional groups attached to an aromatic ring is 1. The number of aromatic nitrogens is 4. The highest BCUT2D eigenvalue weighted by atomic mass is 32.1. The molecule has 4 aromatic rings. The molecule has 0 fully saturated rings. The van der Waals surface area contributed by atoms with Crippen LogP contribution in [-0.2, 0) is 4.79 Å². The molecule has 7 nitrogen and oxygen atoms in total. The third-order valence-corrected chi connectivity index (χ3v) is 5.40. The van der Waals surface area contributed by atoms with Crippen molar-refractivity contribution in [2.45, 2.75) is 33.2 Å². The minimum atomic E-state index is -0.0424. The quantitative estimate of drug-likeness (QED) is 0.552. The van der Waals surface area contributed by atoms with Crippen molar-refractivity contribution in [3.05, 3.63) is 30.7 Å². The van der Waals surface area contributed by atoms with Crippen molar-refractivity contribution < 1.29 is 4.79 Å². The number of anilines is 2. The van der Waals surface area contributed by atoms with Crippen LogP contribution in [0.4, 0.5) is 10.9 Å². The van der Waals surface area contributed by atoms with Crippen LogP contribution in [0.3, 0.4) is 0 Å². The molecule has 4 rings (SSSR count). The van der Waals surface area contributed by atoms with E-state index in [1.165, 1.54) is 17.7 Å². The van der Waals surface area contributed by atoms with Crippen LogP contribution in [0.5, 0.6) is 0 Å². The van der Waals surface area contributed by atoms with Crippen LogP contribution in [0.25, 0.3) is 32.4 Å². The maximum absolute atomic E-state index is 11.6. The fourth-order valence-corrected chi connectivity index (χ4v) is 4.00. The molecule has 1 amide bonds. The topological polar surface area (TPSA) is 98.7 Å². The van der Waals surface area contributed by atoms with Crippen LogP contribution in [0.15, 0.2) is 30.7 Å². The molecule has 0 aliphatic rings. The number of rotatable bonds is 4. The summed E-state index contributed by atoms with van der Waals surface area (Å²) < 4.78 is 3.10. The van der Waals surface area contributed by atoms with Crippen molar-refractivity contribution in [3.63, 3.8) is 0 Å². The Morgan fingerprint density at radius 2 is 2.15 bits per heavy atom. The van der Waals surface area contributed by atoms with Gasteiger partial charge in [0.05, 0.1) is 15.6 Å². The second-order valence-corrected chi connectivity index (χ2v) is 7.64. The summed E-state index contributed by atoms with van der Waals surface area (Å²) >= 11 is 1.46. The smallest absolute Gasteiger partial charge is 0.225 e.